The molecule has 0 aromatic carbocycles. The molecule has 7 nitrogen and oxygen atoms in total. The highest BCUT2D eigenvalue weighted by Crippen LogP contribution is 2.28. The number of carbonyl (C=O) groups is 3. The number of nitrogens with zero attached hydrogens (tertiary/aromatic N) is 3. The molecule has 8 heteroatoms. The van der Waals surface area contributed by atoms with Crippen LogP contribution in [0, 0.1) is 12.8 Å². The third kappa shape index (κ3) is 3.23. The predicted octanol–water partition coefficient (Wildman–Crippen LogP) is 0.588. The second-order valence-electron chi connectivity index (χ2n) is 7.16. The normalized spacial score (nSPS) is 24.1. The highest BCUT2D eigenvalue weighted by Gasteiger charge is 2.44. The number of amides is 3. The zero-order chi connectivity index (χ0) is 18.3. The second-order valence-corrected chi connectivity index (χ2v) is 8.45. The molecule has 3 fully saturated rings. The van der Waals surface area contributed by atoms with E-state index in [1.807, 2.05) is 19.1 Å². The summed E-state index contributed by atoms with van der Waals surface area (Å²) in [5.41, 5.74) is 0. The van der Waals surface area contributed by atoms with Crippen LogP contribution in [0.4, 0.5) is 0 Å². The molecule has 0 spiro atoms. The zero-order valence-electron chi connectivity index (χ0n) is 14.8. The third-order valence-corrected chi connectivity index (χ3v) is 6.36. The number of aryl methyl sites for hydroxylation is 1. The van der Waals surface area contributed by atoms with Gasteiger partial charge in [0, 0.05) is 44.0 Å². The van der Waals surface area contributed by atoms with E-state index in [9.17, 15) is 14.4 Å². The average molecular weight is 377 g/mol. The highest BCUT2D eigenvalue weighted by molar-refractivity contribution is 7.13. The lowest BCUT2D eigenvalue weighted by atomic mass is 10.1. The maximum atomic E-state index is 12.6. The Hall–Kier alpha value is -1.93. The molecular weight excluding hydrogens is 354 g/mol. The van der Waals surface area contributed by atoms with Gasteiger partial charge in [-0.3, -0.25) is 14.4 Å². The van der Waals surface area contributed by atoms with E-state index in [1.165, 1.54) is 11.3 Å². The van der Waals surface area contributed by atoms with Crippen molar-refractivity contribution in [2.45, 2.75) is 19.4 Å². The van der Waals surface area contributed by atoms with Crippen molar-refractivity contribution in [3.8, 4) is 0 Å². The summed E-state index contributed by atoms with van der Waals surface area (Å²) >= 11 is 1.50. The fourth-order valence-electron chi connectivity index (χ4n) is 3.82. The largest absolute Gasteiger partial charge is 0.378 e. The molecule has 0 radical (unpaired) electrons. The van der Waals surface area contributed by atoms with E-state index >= 15 is 0 Å². The van der Waals surface area contributed by atoms with Crippen molar-refractivity contribution in [2.24, 2.45) is 5.92 Å². The fraction of sp³-hybridized carbons (Fsp3) is 0.611. The summed E-state index contributed by atoms with van der Waals surface area (Å²) in [4.78, 5) is 44.7. The minimum absolute atomic E-state index is 0.0284. The van der Waals surface area contributed by atoms with Gasteiger partial charge in [0.25, 0.3) is 5.91 Å². The van der Waals surface area contributed by atoms with Gasteiger partial charge < -0.3 is 19.4 Å². The molecule has 0 N–H and O–H groups in total. The van der Waals surface area contributed by atoms with Crippen molar-refractivity contribution >= 4 is 29.1 Å². The van der Waals surface area contributed by atoms with Gasteiger partial charge in [-0.15, -0.1) is 11.3 Å². The minimum Gasteiger partial charge on any atom is -0.378 e. The Morgan fingerprint density at radius 1 is 1.12 bits per heavy atom. The standard InChI is InChI=1S/C18H23N3O4S/c1-12-2-3-15(26-12)18(24)20-10-14(11-20)21-9-13(8-16(21)22)17(23)19-4-6-25-7-5-19/h2-3,13-14H,4-11H2,1H3. The quantitative estimate of drug-likeness (QED) is 0.773. The van der Waals surface area contributed by atoms with Gasteiger partial charge in [0.2, 0.25) is 11.8 Å². The summed E-state index contributed by atoms with van der Waals surface area (Å²) in [7, 11) is 0. The van der Waals surface area contributed by atoms with E-state index in [0.717, 1.165) is 9.75 Å². The van der Waals surface area contributed by atoms with Crippen LogP contribution in [0.25, 0.3) is 0 Å². The number of hydrogen-bond acceptors (Lipinski definition) is 5. The number of rotatable bonds is 3. The van der Waals surface area contributed by atoms with Gasteiger partial charge in [-0.1, -0.05) is 0 Å². The summed E-state index contributed by atoms with van der Waals surface area (Å²) < 4.78 is 5.28. The predicted molar refractivity (Wildman–Crippen MR) is 96.0 cm³/mol. The minimum atomic E-state index is -0.259. The van der Waals surface area contributed by atoms with Crippen molar-refractivity contribution in [2.75, 3.05) is 45.9 Å². The molecule has 0 aliphatic carbocycles. The van der Waals surface area contributed by atoms with Crippen LogP contribution in [0.2, 0.25) is 0 Å². The summed E-state index contributed by atoms with van der Waals surface area (Å²) in [6, 6.07) is 3.84. The molecule has 0 saturated carbocycles. The first-order valence-corrected chi connectivity index (χ1v) is 9.86. The van der Waals surface area contributed by atoms with Crippen LogP contribution in [0.15, 0.2) is 12.1 Å². The van der Waals surface area contributed by atoms with E-state index in [2.05, 4.69) is 0 Å². The molecule has 1 atom stereocenters. The number of morpholine rings is 1. The molecule has 3 amide bonds. The topological polar surface area (TPSA) is 70.2 Å². The molecular formula is C18H23N3O4S. The number of likely N-dealkylation sites (tertiary alicyclic amines) is 2. The first kappa shape index (κ1) is 17.5. The Balaban J connectivity index is 1.31. The van der Waals surface area contributed by atoms with Crippen LogP contribution in [0.3, 0.4) is 0 Å². The molecule has 3 saturated heterocycles. The van der Waals surface area contributed by atoms with E-state index in [-0.39, 0.29) is 36.1 Å². The lowest BCUT2D eigenvalue weighted by Gasteiger charge is -2.44. The van der Waals surface area contributed by atoms with Crippen LogP contribution in [0.5, 0.6) is 0 Å². The molecule has 26 heavy (non-hydrogen) atoms. The summed E-state index contributed by atoms with van der Waals surface area (Å²) in [5, 5.41) is 0. The van der Waals surface area contributed by atoms with Crippen LogP contribution < -0.4 is 0 Å². The van der Waals surface area contributed by atoms with Gasteiger partial charge in [-0.05, 0) is 19.1 Å². The van der Waals surface area contributed by atoms with Gasteiger partial charge in [-0.2, -0.15) is 0 Å². The average Bonchev–Trinajstić information content (AvgIpc) is 3.20. The molecule has 1 aromatic heterocycles. The Morgan fingerprint density at radius 3 is 2.50 bits per heavy atom. The van der Waals surface area contributed by atoms with Gasteiger partial charge >= 0.3 is 0 Å². The lowest BCUT2D eigenvalue weighted by molar-refractivity contribution is -0.139. The van der Waals surface area contributed by atoms with Gasteiger partial charge in [-0.25, -0.2) is 0 Å². The smallest absolute Gasteiger partial charge is 0.264 e. The lowest BCUT2D eigenvalue weighted by Crippen LogP contribution is -2.61. The van der Waals surface area contributed by atoms with Gasteiger partial charge in [0.05, 0.1) is 30.1 Å². The summed E-state index contributed by atoms with van der Waals surface area (Å²) in [6.45, 7) is 5.91. The molecule has 3 aliphatic rings. The van der Waals surface area contributed by atoms with Gasteiger partial charge in [0.1, 0.15) is 0 Å². The van der Waals surface area contributed by atoms with Gasteiger partial charge in [0.15, 0.2) is 0 Å². The molecule has 0 bridgehead atoms. The number of thiophene rings is 1. The van der Waals surface area contributed by atoms with E-state index in [0.29, 0.717) is 45.9 Å². The van der Waals surface area contributed by atoms with Crippen LogP contribution in [-0.4, -0.2) is 84.4 Å². The zero-order valence-corrected chi connectivity index (χ0v) is 15.7. The maximum absolute atomic E-state index is 12.6. The number of ether oxygens (including phenoxy) is 1. The molecule has 3 aliphatic heterocycles. The first-order valence-electron chi connectivity index (χ1n) is 9.04. The molecule has 1 unspecified atom stereocenters. The SMILES string of the molecule is Cc1ccc(C(=O)N2CC(N3CC(C(=O)N4CCOCC4)CC3=O)C2)s1. The monoisotopic (exact) mass is 377 g/mol. The Morgan fingerprint density at radius 2 is 1.85 bits per heavy atom. The first-order chi connectivity index (χ1) is 12.5. The fourth-order valence-corrected chi connectivity index (χ4v) is 4.65. The molecule has 4 heterocycles. The second kappa shape index (κ2) is 7.00. The molecule has 4 rings (SSSR count). The van der Waals surface area contributed by atoms with Crippen molar-refractivity contribution in [3.05, 3.63) is 21.9 Å². The van der Waals surface area contributed by atoms with Crippen molar-refractivity contribution in [1.82, 2.24) is 14.7 Å². The van der Waals surface area contributed by atoms with E-state index in [4.69, 9.17) is 4.74 Å². The summed E-state index contributed by atoms with van der Waals surface area (Å²) in [6.07, 6.45) is 0.282. The Bertz CT molecular complexity index is 722. The van der Waals surface area contributed by atoms with Crippen molar-refractivity contribution in [1.29, 1.82) is 0 Å². The van der Waals surface area contributed by atoms with Crippen molar-refractivity contribution < 1.29 is 19.1 Å². The van der Waals surface area contributed by atoms with Crippen LogP contribution in [0.1, 0.15) is 21.0 Å². The van der Waals surface area contributed by atoms with Crippen molar-refractivity contribution in [3.63, 3.8) is 0 Å². The summed E-state index contributed by atoms with van der Waals surface area (Å²) in [5.74, 6) is -0.136. The molecule has 140 valence electrons. The number of hydrogen-bond donors (Lipinski definition) is 0. The van der Waals surface area contributed by atoms with E-state index in [1.54, 1.807) is 14.7 Å². The Kier molecular flexibility index (Phi) is 4.71. The van der Waals surface area contributed by atoms with Crippen LogP contribution in [-0.2, 0) is 14.3 Å². The number of carbonyl (C=O) groups excluding carboxylic acids is 3. The Labute approximate surface area is 156 Å². The van der Waals surface area contributed by atoms with E-state index < -0.39 is 0 Å². The highest BCUT2D eigenvalue weighted by atomic mass is 32.1. The third-order valence-electron chi connectivity index (χ3n) is 5.37. The maximum Gasteiger partial charge on any atom is 0.264 e. The molecule has 1 aromatic rings. The van der Waals surface area contributed by atoms with Crippen LogP contribution >= 0.6 is 11.3 Å².